The van der Waals surface area contributed by atoms with Crippen molar-refractivity contribution in [2.24, 2.45) is 5.73 Å². The van der Waals surface area contributed by atoms with E-state index in [0.717, 1.165) is 20.9 Å². The molecule has 0 bridgehead atoms. The van der Waals surface area contributed by atoms with Crippen molar-refractivity contribution in [2.45, 2.75) is 19.4 Å². The molecule has 15 heavy (non-hydrogen) atoms. The quantitative estimate of drug-likeness (QED) is 0.929. The number of hydrogen-bond donors (Lipinski definition) is 1. The van der Waals surface area contributed by atoms with E-state index in [9.17, 15) is 0 Å². The summed E-state index contributed by atoms with van der Waals surface area (Å²) in [4.78, 5) is 5.74. The Bertz CT molecular complexity index is 450. The van der Waals surface area contributed by atoms with Crippen molar-refractivity contribution in [3.05, 3.63) is 26.3 Å². The third-order valence-corrected chi connectivity index (χ3v) is 4.73. The van der Waals surface area contributed by atoms with Crippen LogP contribution in [0.2, 0.25) is 0 Å². The topological polar surface area (TPSA) is 38.9 Å². The van der Waals surface area contributed by atoms with Crippen molar-refractivity contribution in [3.63, 3.8) is 0 Å². The molecule has 0 saturated heterocycles. The van der Waals surface area contributed by atoms with E-state index in [0.29, 0.717) is 0 Å². The molecule has 0 aliphatic heterocycles. The first-order valence-corrected chi connectivity index (χ1v) is 7.16. The van der Waals surface area contributed by atoms with Gasteiger partial charge in [0.2, 0.25) is 0 Å². The smallest absolute Gasteiger partial charge is 0.110 e. The molecule has 2 nitrogen and oxygen atoms in total. The van der Waals surface area contributed by atoms with Crippen molar-refractivity contribution >= 4 is 38.6 Å². The highest BCUT2D eigenvalue weighted by molar-refractivity contribution is 9.11. The van der Waals surface area contributed by atoms with Crippen molar-refractivity contribution < 1.29 is 0 Å². The van der Waals surface area contributed by atoms with Gasteiger partial charge >= 0.3 is 0 Å². The summed E-state index contributed by atoms with van der Waals surface area (Å²) in [7, 11) is 0. The highest BCUT2D eigenvalue weighted by atomic mass is 79.9. The van der Waals surface area contributed by atoms with E-state index < -0.39 is 0 Å². The number of nitrogens with two attached hydrogens (primary N) is 1. The zero-order chi connectivity index (χ0) is 10.8. The molecule has 2 N–H and O–H groups in total. The molecule has 2 aromatic heterocycles. The molecule has 1 atom stereocenters. The maximum Gasteiger partial charge on any atom is 0.110 e. The zero-order valence-electron chi connectivity index (χ0n) is 8.24. The van der Waals surface area contributed by atoms with Crippen LogP contribution in [0.25, 0.3) is 10.6 Å². The van der Waals surface area contributed by atoms with Gasteiger partial charge in [-0.15, -0.1) is 22.7 Å². The van der Waals surface area contributed by atoms with E-state index in [2.05, 4.69) is 39.3 Å². The maximum absolute atomic E-state index is 5.93. The summed E-state index contributed by atoms with van der Waals surface area (Å²) in [6, 6.07) is 4.19. The van der Waals surface area contributed by atoms with Gasteiger partial charge in [-0.05, 0) is 34.5 Å². The lowest BCUT2D eigenvalue weighted by atomic mass is 10.2. The standard InChI is InChI=1S/C10H11BrN2S2/c1-2-6(12)10-13-7(5-14-10)8-3-4-9(11)15-8/h3-6H,2,12H2,1H3. The van der Waals surface area contributed by atoms with Crippen molar-refractivity contribution in [1.29, 1.82) is 0 Å². The Hall–Kier alpha value is -0.230. The average molecular weight is 303 g/mol. The van der Waals surface area contributed by atoms with E-state index in [1.54, 1.807) is 22.7 Å². The van der Waals surface area contributed by atoms with E-state index in [1.807, 2.05) is 6.07 Å². The predicted molar refractivity (Wildman–Crippen MR) is 70.3 cm³/mol. The van der Waals surface area contributed by atoms with Crippen molar-refractivity contribution in [3.8, 4) is 10.6 Å². The summed E-state index contributed by atoms with van der Waals surface area (Å²) in [6.45, 7) is 2.08. The fourth-order valence-corrected chi connectivity index (χ4v) is 3.52. The van der Waals surface area contributed by atoms with E-state index in [4.69, 9.17) is 5.73 Å². The minimum absolute atomic E-state index is 0.0761. The number of aromatic nitrogens is 1. The van der Waals surface area contributed by atoms with Crippen LogP contribution in [0.3, 0.4) is 0 Å². The van der Waals surface area contributed by atoms with E-state index in [1.165, 1.54) is 4.88 Å². The molecule has 1 unspecified atom stereocenters. The third kappa shape index (κ3) is 2.47. The van der Waals surface area contributed by atoms with Gasteiger partial charge < -0.3 is 5.73 Å². The second kappa shape index (κ2) is 4.74. The van der Waals surface area contributed by atoms with Crippen molar-refractivity contribution in [1.82, 2.24) is 4.98 Å². The molecule has 0 saturated carbocycles. The monoisotopic (exact) mass is 302 g/mol. The Kier molecular flexibility index (Phi) is 3.56. The van der Waals surface area contributed by atoms with Gasteiger partial charge in [0.15, 0.2) is 0 Å². The van der Waals surface area contributed by atoms with Crippen LogP contribution >= 0.6 is 38.6 Å². The summed E-state index contributed by atoms with van der Waals surface area (Å²) >= 11 is 6.78. The number of thiazole rings is 1. The van der Waals surface area contributed by atoms with Crippen LogP contribution in [-0.4, -0.2) is 4.98 Å². The van der Waals surface area contributed by atoms with Gasteiger partial charge in [0.25, 0.3) is 0 Å². The second-order valence-electron chi connectivity index (χ2n) is 3.19. The summed E-state index contributed by atoms with van der Waals surface area (Å²) in [5.74, 6) is 0. The van der Waals surface area contributed by atoms with Crippen molar-refractivity contribution in [2.75, 3.05) is 0 Å². The molecule has 5 heteroatoms. The lowest BCUT2D eigenvalue weighted by Gasteiger charge is -2.01. The molecule has 0 spiro atoms. The van der Waals surface area contributed by atoms with Crippen LogP contribution in [-0.2, 0) is 0 Å². The maximum atomic E-state index is 5.93. The molecule has 0 aromatic carbocycles. The van der Waals surface area contributed by atoms with Gasteiger partial charge in [-0.3, -0.25) is 0 Å². The molecule has 2 rings (SSSR count). The molecular formula is C10H11BrN2S2. The molecule has 0 aliphatic rings. The molecule has 0 fully saturated rings. The van der Waals surface area contributed by atoms with Gasteiger partial charge in [-0.25, -0.2) is 4.98 Å². The summed E-state index contributed by atoms with van der Waals surface area (Å²) in [5, 5.41) is 3.10. The molecule has 0 aliphatic carbocycles. The van der Waals surface area contributed by atoms with Gasteiger partial charge in [-0.2, -0.15) is 0 Å². The first-order chi connectivity index (χ1) is 7.20. The highest BCUT2D eigenvalue weighted by Crippen LogP contribution is 2.33. The predicted octanol–water partition coefficient (Wildman–Crippen LogP) is 4.04. The summed E-state index contributed by atoms with van der Waals surface area (Å²) in [6.07, 6.45) is 0.932. The van der Waals surface area contributed by atoms with Crippen LogP contribution in [0, 0.1) is 0 Å². The van der Waals surface area contributed by atoms with E-state index >= 15 is 0 Å². The third-order valence-electron chi connectivity index (χ3n) is 2.10. The number of rotatable bonds is 3. The summed E-state index contributed by atoms with van der Waals surface area (Å²) in [5.41, 5.74) is 6.97. The van der Waals surface area contributed by atoms with Gasteiger partial charge in [0, 0.05) is 5.38 Å². The minimum Gasteiger partial charge on any atom is -0.322 e. The Morgan fingerprint density at radius 1 is 1.53 bits per heavy atom. The Balaban J connectivity index is 2.27. The molecule has 2 aromatic rings. The SMILES string of the molecule is CCC(N)c1nc(-c2ccc(Br)s2)cs1. The van der Waals surface area contributed by atoms with Gasteiger partial charge in [-0.1, -0.05) is 6.92 Å². The lowest BCUT2D eigenvalue weighted by molar-refractivity contribution is 0.693. The number of halogens is 1. The highest BCUT2D eigenvalue weighted by Gasteiger charge is 2.10. The molecule has 0 radical (unpaired) electrons. The Morgan fingerprint density at radius 2 is 2.33 bits per heavy atom. The summed E-state index contributed by atoms with van der Waals surface area (Å²) < 4.78 is 1.13. The Morgan fingerprint density at radius 3 is 2.93 bits per heavy atom. The largest absolute Gasteiger partial charge is 0.322 e. The van der Waals surface area contributed by atoms with Crippen LogP contribution in [0.1, 0.15) is 24.4 Å². The van der Waals surface area contributed by atoms with Crippen LogP contribution < -0.4 is 5.73 Å². The van der Waals surface area contributed by atoms with Gasteiger partial charge in [0.05, 0.1) is 20.4 Å². The number of hydrogen-bond acceptors (Lipinski definition) is 4. The fraction of sp³-hybridized carbons (Fsp3) is 0.300. The Labute approximate surface area is 105 Å². The molecule has 2 heterocycles. The number of nitrogens with zero attached hydrogens (tertiary/aromatic N) is 1. The molecular weight excluding hydrogens is 292 g/mol. The average Bonchev–Trinajstić information content (AvgIpc) is 2.84. The minimum atomic E-state index is 0.0761. The fourth-order valence-electron chi connectivity index (χ4n) is 1.20. The lowest BCUT2D eigenvalue weighted by Crippen LogP contribution is -2.07. The second-order valence-corrected chi connectivity index (χ2v) is 6.54. The normalized spacial score (nSPS) is 13.0. The molecule has 0 amide bonds. The molecule has 80 valence electrons. The zero-order valence-corrected chi connectivity index (χ0v) is 11.5. The van der Waals surface area contributed by atoms with Crippen LogP contribution in [0.5, 0.6) is 0 Å². The first kappa shape index (κ1) is 11.3. The van der Waals surface area contributed by atoms with Crippen LogP contribution in [0.4, 0.5) is 0 Å². The van der Waals surface area contributed by atoms with Crippen LogP contribution in [0.15, 0.2) is 21.3 Å². The van der Waals surface area contributed by atoms with E-state index in [-0.39, 0.29) is 6.04 Å². The van der Waals surface area contributed by atoms with Gasteiger partial charge in [0.1, 0.15) is 5.01 Å². The first-order valence-electron chi connectivity index (χ1n) is 4.67. The number of thiophene rings is 1.